The minimum Gasteiger partial charge on any atom is -0.287 e. The van der Waals surface area contributed by atoms with Crippen molar-refractivity contribution in [3.05, 3.63) is 94.9 Å². The third-order valence-corrected chi connectivity index (χ3v) is 5.26. The number of hydrogen-bond acceptors (Lipinski definition) is 3. The van der Waals surface area contributed by atoms with E-state index in [0.717, 1.165) is 16.9 Å². The molecule has 30 heavy (non-hydrogen) atoms. The van der Waals surface area contributed by atoms with Crippen LogP contribution < -0.4 is 5.43 Å². The zero-order valence-electron chi connectivity index (χ0n) is 17.2. The second-order valence-corrected chi connectivity index (χ2v) is 12.7. The highest BCUT2D eigenvalue weighted by atomic mass is 28.3. The maximum Gasteiger partial charge on any atom is 0.209 e. The van der Waals surface area contributed by atoms with Crippen LogP contribution in [0.1, 0.15) is 5.56 Å². The summed E-state index contributed by atoms with van der Waals surface area (Å²) >= 11 is 0. The van der Waals surface area contributed by atoms with E-state index in [9.17, 15) is 4.79 Å². The van der Waals surface area contributed by atoms with Crippen molar-refractivity contribution in [2.45, 2.75) is 19.6 Å². The van der Waals surface area contributed by atoms with Gasteiger partial charge in [-0.2, -0.15) is 29.8 Å². The quantitative estimate of drug-likeness (QED) is 0.373. The summed E-state index contributed by atoms with van der Waals surface area (Å²) < 4.78 is 3.43. The highest BCUT2D eigenvalue weighted by Crippen LogP contribution is 2.19. The molecule has 6 heteroatoms. The molecule has 0 radical (unpaired) electrons. The Labute approximate surface area is 176 Å². The van der Waals surface area contributed by atoms with Crippen LogP contribution in [0.25, 0.3) is 22.8 Å². The molecule has 0 bridgehead atoms. The first-order valence-electron chi connectivity index (χ1n) is 9.74. The van der Waals surface area contributed by atoms with Crippen LogP contribution >= 0.6 is 0 Å². The van der Waals surface area contributed by atoms with Gasteiger partial charge < -0.3 is 0 Å². The van der Waals surface area contributed by atoms with Gasteiger partial charge in [0.25, 0.3) is 0 Å². The third-order valence-electron chi connectivity index (χ3n) is 4.39. The molecule has 149 valence electrons. The first-order valence-corrected chi connectivity index (χ1v) is 13.2. The first-order chi connectivity index (χ1) is 14.4. The molecule has 0 atom stereocenters. The lowest BCUT2D eigenvalue weighted by Crippen LogP contribution is -2.16. The Morgan fingerprint density at radius 3 is 2.43 bits per heavy atom. The number of para-hydroxylation sites is 1. The summed E-state index contributed by atoms with van der Waals surface area (Å²) in [6.07, 6.45) is 3.35. The predicted octanol–water partition coefficient (Wildman–Crippen LogP) is 4.31. The fourth-order valence-electron chi connectivity index (χ4n) is 2.97. The van der Waals surface area contributed by atoms with Crippen molar-refractivity contribution >= 4 is 8.07 Å². The van der Waals surface area contributed by atoms with Gasteiger partial charge in [0.2, 0.25) is 5.43 Å². The van der Waals surface area contributed by atoms with E-state index < -0.39 is 8.07 Å². The van der Waals surface area contributed by atoms with Crippen LogP contribution in [0, 0.1) is 11.5 Å². The van der Waals surface area contributed by atoms with Crippen LogP contribution in [0.5, 0.6) is 0 Å². The van der Waals surface area contributed by atoms with Crippen LogP contribution in [0.3, 0.4) is 0 Å². The van der Waals surface area contributed by atoms with Crippen molar-refractivity contribution in [2.75, 3.05) is 0 Å². The average molecular weight is 411 g/mol. The highest BCUT2D eigenvalue weighted by molar-refractivity contribution is 6.83. The number of aromatic nitrogens is 4. The molecule has 0 saturated carbocycles. The van der Waals surface area contributed by atoms with Crippen LogP contribution in [0.4, 0.5) is 0 Å². The van der Waals surface area contributed by atoms with Crippen molar-refractivity contribution < 1.29 is 0 Å². The molecular formula is C24H22N4OSi-. The summed E-state index contributed by atoms with van der Waals surface area (Å²) in [5.74, 6) is 3.28. The van der Waals surface area contributed by atoms with Gasteiger partial charge in [0.15, 0.2) is 5.69 Å². The molecule has 2 aromatic heterocycles. The summed E-state index contributed by atoms with van der Waals surface area (Å²) in [6, 6.07) is 20.9. The summed E-state index contributed by atoms with van der Waals surface area (Å²) in [4.78, 5) is 12.6. The summed E-state index contributed by atoms with van der Waals surface area (Å²) in [7, 11) is -1.47. The molecule has 0 N–H and O–H groups in total. The van der Waals surface area contributed by atoms with Crippen LogP contribution in [-0.2, 0) is 0 Å². The van der Waals surface area contributed by atoms with Gasteiger partial charge in [-0.3, -0.25) is 10.3 Å². The van der Waals surface area contributed by atoms with Crippen molar-refractivity contribution in [1.82, 2.24) is 19.6 Å². The molecule has 4 aromatic rings. The lowest BCUT2D eigenvalue weighted by Gasteiger charge is -2.17. The SMILES string of the molecule is C[Si-](C)(C)C#Cc1cccc(-n2nccc2-c2nn(-c3ccccc3)ccc2=O)c1. The minimum absolute atomic E-state index is 0.154. The summed E-state index contributed by atoms with van der Waals surface area (Å²) in [5.41, 5.74) is 6.87. The molecule has 0 saturated heterocycles. The van der Waals surface area contributed by atoms with E-state index >= 15 is 0 Å². The third kappa shape index (κ3) is 4.32. The molecular weight excluding hydrogens is 388 g/mol. The molecule has 4 rings (SSSR count). The molecule has 2 heterocycles. The zero-order chi connectivity index (χ0) is 21.1. The van der Waals surface area contributed by atoms with E-state index in [0.29, 0.717) is 11.4 Å². The van der Waals surface area contributed by atoms with Gasteiger partial charge >= 0.3 is 0 Å². The van der Waals surface area contributed by atoms with Crippen molar-refractivity contribution in [1.29, 1.82) is 0 Å². The standard InChI is InChI=1S/C24H22N4OSi/c1-30(2,3)17-14-19-8-7-11-21(18-19)28-22(12-15-25-28)24-23(29)13-16-27(26-24)20-9-5-4-6-10-20/h4-13,15-16,18H,1-3H3/q-1. The topological polar surface area (TPSA) is 52.7 Å². The second-order valence-electron chi connectivity index (χ2n) is 7.99. The smallest absolute Gasteiger partial charge is 0.209 e. The van der Waals surface area contributed by atoms with E-state index in [2.05, 4.69) is 41.3 Å². The molecule has 0 fully saturated rings. The monoisotopic (exact) mass is 410 g/mol. The van der Waals surface area contributed by atoms with Gasteiger partial charge in [-0.05, 0) is 36.4 Å². The molecule has 0 spiro atoms. The van der Waals surface area contributed by atoms with Gasteiger partial charge in [0.05, 0.1) is 23.3 Å². The Morgan fingerprint density at radius 2 is 1.67 bits per heavy atom. The van der Waals surface area contributed by atoms with Gasteiger partial charge in [-0.15, -0.1) is 5.92 Å². The molecule has 2 aromatic carbocycles. The lowest BCUT2D eigenvalue weighted by atomic mass is 10.2. The summed E-state index contributed by atoms with van der Waals surface area (Å²) in [5, 5.41) is 9.03. The molecule has 0 unspecified atom stereocenters. The van der Waals surface area contributed by atoms with Crippen molar-refractivity contribution in [3.8, 4) is 34.2 Å². The summed E-state index contributed by atoms with van der Waals surface area (Å²) in [6.45, 7) is 6.65. The Morgan fingerprint density at radius 1 is 0.900 bits per heavy atom. The maximum atomic E-state index is 12.6. The number of hydrogen-bond donors (Lipinski definition) is 0. The van der Waals surface area contributed by atoms with E-state index in [1.165, 1.54) is 6.07 Å². The van der Waals surface area contributed by atoms with E-state index in [1.54, 1.807) is 27.8 Å². The average Bonchev–Trinajstić information content (AvgIpc) is 3.23. The minimum atomic E-state index is -1.47. The number of rotatable bonds is 3. The van der Waals surface area contributed by atoms with Gasteiger partial charge in [0.1, 0.15) is 0 Å². The largest absolute Gasteiger partial charge is 0.287 e. The molecule has 0 aliphatic heterocycles. The normalized spacial score (nSPS) is 11.0. The molecule has 0 aliphatic carbocycles. The molecule has 0 aliphatic rings. The fraction of sp³-hybridized carbons (Fsp3) is 0.125. The van der Waals surface area contributed by atoms with Gasteiger partial charge in [0, 0.05) is 17.8 Å². The van der Waals surface area contributed by atoms with Gasteiger partial charge in [-0.25, -0.2) is 9.36 Å². The van der Waals surface area contributed by atoms with Crippen LogP contribution in [0.15, 0.2) is 83.9 Å². The Bertz CT molecular complexity index is 1300. The van der Waals surface area contributed by atoms with E-state index in [-0.39, 0.29) is 5.43 Å². The molecule has 5 nitrogen and oxygen atoms in total. The highest BCUT2D eigenvalue weighted by Gasteiger charge is 2.14. The molecule has 0 amide bonds. The second kappa shape index (κ2) is 7.97. The van der Waals surface area contributed by atoms with E-state index in [1.807, 2.05) is 54.6 Å². The van der Waals surface area contributed by atoms with Gasteiger partial charge in [-0.1, -0.05) is 32.3 Å². The first kappa shape index (κ1) is 19.6. The van der Waals surface area contributed by atoms with E-state index in [4.69, 9.17) is 0 Å². The maximum absolute atomic E-state index is 12.6. The zero-order valence-corrected chi connectivity index (χ0v) is 18.2. The van der Waals surface area contributed by atoms with Crippen molar-refractivity contribution in [3.63, 3.8) is 0 Å². The number of benzene rings is 2. The Kier molecular flexibility index (Phi) is 5.21. The van der Waals surface area contributed by atoms with Crippen LogP contribution in [-0.4, -0.2) is 27.6 Å². The number of nitrogens with zero attached hydrogens (tertiary/aromatic N) is 4. The van der Waals surface area contributed by atoms with Crippen molar-refractivity contribution in [2.24, 2.45) is 0 Å². The predicted molar refractivity (Wildman–Crippen MR) is 123 cm³/mol. The fourth-order valence-corrected chi connectivity index (χ4v) is 3.49. The lowest BCUT2D eigenvalue weighted by molar-refractivity contribution is 0.823. The Hall–Kier alpha value is -3.69. The Balaban J connectivity index is 1.78. The van der Waals surface area contributed by atoms with Crippen LogP contribution in [0.2, 0.25) is 19.6 Å².